The van der Waals surface area contributed by atoms with E-state index in [4.69, 9.17) is 4.42 Å². The molecule has 0 saturated carbocycles. The van der Waals surface area contributed by atoms with Gasteiger partial charge in [-0.15, -0.1) is 0 Å². The lowest BCUT2D eigenvalue weighted by Gasteiger charge is -2.32. The van der Waals surface area contributed by atoms with Gasteiger partial charge in [0.05, 0.1) is 12.3 Å². The van der Waals surface area contributed by atoms with Crippen molar-refractivity contribution < 1.29 is 9.21 Å². The number of carbonyl (C=O) groups is 1. The SMILES string of the molecule is CC(NC1CCCc2occc21)C(=O)N1CCCCC1. The van der Waals surface area contributed by atoms with Crippen molar-refractivity contribution in [1.82, 2.24) is 10.2 Å². The number of nitrogens with zero attached hydrogens (tertiary/aromatic N) is 1. The molecule has 110 valence electrons. The van der Waals surface area contributed by atoms with Gasteiger partial charge in [0.15, 0.2) is 0 Å². The lowest BCUT2D eigenvalue weighted by Crippen LogP contribution is -2.48. The normalized spacial score (nSPS) is 24.2. The quantitative estimate of drug-likeness (QED) is 0.923. The van der Waals surface area contributed by atoms with E-state index in [0.717, 1.165) is 51.0 Å². The zero-order valence-electron chi connectivity index (χ0n) is 12.2. The summed E-state index contributed by atoms with van der Waals surface area (Å²) in [5.41, 5.74) is 1.24. The highest BCUT2D eigenvalue weighted by molar-refractivity contribution is 5.81. The van der Waals surface area contributed by atoms with Crippen LogP contribution in [0.15, 0.2) is 16.7 Å². The summed E-state index contributed by atoms with van der Waals surface area (Å²) >= 11 is 0. The summed E-state index contributed by atoms with van der Waals surface area (Å²) in [6, 6.07) is 2.20. The molecule has 20 heavy (non-hydrogen) atoms. The maximum Gasteiger partial charge on any atom is 0.239 e. The molecular weight excluding hydrogens is 252 g/mol. The number of amides is 1. The molecule has 2 aliphatic rings. The number of aryl methyl sites for hydroxylation is 1. The summed E-state index contributed by atoms with van der Waals surface area (Å²) in [6.45, 7) is 3.84. The molecule has 0 bridgehead atoms. The Morgan fingerprint density at radius 2 is 2.15 bits per heavy atom. The van der Waals surface area contributed by atoms with Crippen LogP contribution in [0.5, 0.6) is 0 Å². The maximum atomic E-state index is 12.5. The predicted octanol–water partition coefficient (Wildman–Crippen LogP) is 2.65. The summed E-state index contributed by atoms with van der Waals surface area (Å²) in [5, 5.41) is 3.51. The first kappa shape index (κ1) is 13.7. The number of fused-ring (bicyclic) bond motifs is 1. The topological polar surface area (TPSA) is 45.5 Å². The van der Waals surface area contributed by atoms with Crippen LogP contribution >= 0.6 is 0 Å². The molecule has 0 spiro atoms. The standard InChI is InChI=1S/C16H24N2O2/c1-12(16(19)18-9-3-2-4-10-18)17-14-6-5-7-15-13(14)8-11-20-15/h8,11-12,14,17H,2-7,9-10H2,1H3. The predicted molar refractivity (Wildman–Crippen MR) is 77.4 cm³/mol. The second-order valence-corrected chi connectivity index (χ2v) is 6.02. The molecule has 1 saturated heterocycles. The van der Waals surface area contributed by atoms with Crippen LogP contribution in [0.25, 0.3) is 0 Å². The number of likely N-dealkylation sites (tertiary alicyclic amines) is 1. The summed E-state index contributed by atoms with van der Waals surface area (Å²) < 4.78 is 5.51. The van der Waals surface area contributed by atoms with Gasteiger partial charge in [-0.1, -0.05) is 0 Å². The zero-order valence-corrected chi connectivity index (χ0v) is 12.2. The number of hydrogen-bond donors (Lipinski definition) is 1. The van der Waals surface area contributed by atoms with Gasteiger partial charge in [-0.05, 0) is 45.1 Å². The third kappa shape index (κ3) is 2.75. The molecule has 1 aliphatic carbocycles. The fourth-order valence-electron chi connectivity index (χ4n) is 3.42. The van der Waals surface area contributed by atoms with Crippen molar-refractivity contribution in [3.63, 3.8) is 0 Å². The number of piperidine rings is 1. The molecule has 1 fully saturated rings. The van der Waals surface area contributed by atoms with Gasteiger partial charge in [0.1, 0.15) is 5.76 Å². The average molecular weight is 276 g/mol. The van der Waals surface area contributed by atoms with E-state index < -0.39 is 0 Å². The molecular formula is C16H24N2O2. The molecule has 3 rings (SSSR count). The number of nitrogens with one attached hydrogen (secondary N) is 1. The van der Waals surface area contributed by atoms with Crippen LogP contribution in [0.1, 0.15) is 56.4 Å². The van der Waals surface area contributed by atoms with Crippen LogP contribution in [0.2, 0.25) is 0 Å². The Kier molecular flexibility index (Phi) is 4.10. The highest BCUT2D eigenvalue weighted by Crippen LogP contribution is 2.30. The zero-order chi connectivity index (χ0) is 13.9. The maximum absolute atomic E-state index is 12.5. The van der Waals surface area contributed by atoms with E-state index in [1.165, 1.54) is 12.0 Å². The monoisotopic (exact) mass is 276 g/mol. The largest absolute Gasteiger partial charge is 0.469 e. The summed E-state index contributed by atoms with van der Waals surface area (Å²) in [7, 11) is 0. The Morgan fingerprint density at radius 3 is 2.95 bits per heavy atom. The second kappa shape index (κ2) is 6.00. The number of rotatable bonds is 3. The van der Waals surface area contributed by atoms with Gasteiger partial charge < -0.3 is 9.32 Å². The summed E-state index contributed by atoms with van der Waals surface area (Å²) in [6.07, 6.45) is 8.55. The molecule has 2 unspecified atom stereocenters. The van der Waals surface area contributed by atoms with Crippen molar-refractivity contribution in [1.29, 1.82) is 0 Å². The highest BCUT2D eigenvalue weighted by Gasteiger charge is 2.28. The minimum atomic E-state index is -0.112. The van der Waals surface area contributed by atoms with E-state index in [-0.39, 0.29) is 18.0 Å². The van der Waals surface area contributed by atoms with E-state index in [1.54, 1.807) is 6.26 Å². The van der Waals surface area contributed by atoms with Crippen molar-refractivity contribution in [2.45, 2.75) is 57.5 Å². The molecule has 0 aromatic carbocycles. The minimum Gasteiger partial charge on any atom is -0.469 e. The molecule has 1 aliphatic heterocycles. The fourth-order valence-corrected chi connectivity index (χ4v) is 3.42. The molecule has 4 heteroatoms. The van der Waals surface area contributed by atoms with Gasteiger partial charge in [0.2, 0.25) is 5.91 Å². The van der Waals surface area contributed by atoms with Crippen LogP contribution in [0.4, 0.5) is 0 Å². The van der Waals surface area contributed by atoms with Crippen molar-refractivity contribution in [3.8, 4) is 0 Å². The van der Waals surface area contributed by atoms with Crippen molar-refractivity contribution in [2.24, 2.45) is 0 Å². The average Bonchev–Trinajstić information content (AvgIpc) is 2.97. The van der Waals surface area contributed by atoms with Gasteiger partial charge in [-0.25, -0.2) is 0 Å². The smallest absolute Gasteiger partial charge is 0.239 e. The Labute approximate surface area is 120 Å². The minimum absolute atomic E-state index is 0.112. The third-order valence-electron chi connectivity index (χ3n) is 4.54. The van der Waals surface area contributed by atoms with E-state index in [0.29, 0.717) is 0 Å². The second-order valence-electron chi connectivity index (χ2n) is 6.02. The first-order valence-electron chi connectivity index (χ1n) is 7.87. The fraction of sp³-hybridized carbons (Fsp3) is 0.688. The molecule has 4 nitrogen and oxygen atoms in total. The lowest BCUT2D eigenvalue weighted by molar-refractivity contribution is -0.134. The van der Waals surface area contributed by atoms with Crippen LogP contribution in [0.3, 0.4) is 0 Å². The summed E-state index contributed by atoms with van der Waals surface area (Å²) in [5.74, 6) is 1.34. The van der Waals surface area contributed by atoms with Crippen LogP contribution in [0, 0.1) is 0 Å². The Morgan fingerprint density at radius 1 is 1.35 bits per heavy atom. The first-order chi connectivity index (χ1) is 9.75. The Balaban J connectivity index is 1.62. The Hall–Kier alpha value is -1.29. The van der Waals surface area contributed by atoms with Crippen molar-refractivity contribution in [2.75, 3.05) is 13.1 Å². The van der Waals surface area contributed by atoms with Crippen molar-refractivity contribution >= 4 is 5.91 Å². The van der Waals surface area contributed by atoms with Gasteiger partial charge in [-0.3, -0.25) is 10.1 Å². The number of hydrogen-bond acceptors (Lipinski definition) is 3. The molecule has 1 amide bonds. The molecule has 2 heterocycles. The highest BCUT2D eigenvalue weighted by atomic mass is 16.3. The number of carbonyl (C=O) groups excluding carboxylic acids is 1. The Bertz CT molecular complexity index is 463. The molecule has 1 N–H and O–H groups in total. The molecule has 1 aromatic rings. The van der Waals surface area contributed by atoms with Gasteiger partial charge >= 0.3 is 0 Å². The third-order valence-corrected chi connectivity index (χ3v) is 4.54. The summed E-state index contributed by atoms with van der Waals surface area (Å²) in [4.78, 5) is 14.5. The van der Waals surface area contributed by atoms with Gasteiger partial charge in [0, 0.05) is 31.1 Å². The van der Waals surface area contributed by atoms with Crippen LogP contribution in [-0.2, 0) is 11.2 Å². The van der Waals surface area contributed by atoms with Gasteiger partial charge in [-0.2, -0.15) is 0 Å². The molecule has 0 radical (unpaired) electrons. The van der Waals surface area contributed by atoms with Gasteiger partial charge in [0.25, 0.3) is 0 Å². The first-order valence-corrected chi connectivity index (χ1v) is 7.87. The molecule has 2 atom stereocenters. The number of furan rings is 1. The lowest BCUT2D eigenvalue weighted by atomic mass is 9.93. The van der Waals surface area contributed by atoms with E-state index in [9.17, 15) is 4.79 Å². The van der Waals surface area contributed by atoms with Crippen molar-refractivity contribution in [3.05, 3.63) is 23.7 Å². The van der Waals surface area contributed by atoms with Crippen LogP contribution < -0.4 is 5.32 Å². The van der Waals surface area contributed by atoms with E-state index in [1.807, 2.05) is 17.9 Å². The molecule has 1 aromatic heterocycles. The van der Waals surface area contributed by atoms with Crippen LogP contribution in [-0.4, -0.2) is 29.9 Å². The van der Waals surface area contributed by atoms with E-state index in [2.05, 4.69) is 5.32 Å². The van der Waals surface area contributed by atoms with E-state index >= 15 is 0 Å².